The topological polar surface area (TPSA) is 89.7 Å². The molecule has 6 heteroatoms. The van der Waals surface area contributed by atoms with Crippen LogP contribution >= 0.6 is 0 Å². The second-order valence-electron chi connectivity index (χ2n) is 2.90. The first-order chi connectivity index (χ1) is 5.67. The number of ether oxygens (including phenoxy) is 1. The molecule has 0 saturated carbocycles. The fourth-order valence-corrected chi connectivity index (χ4v) is 0.830. The Kier molecular flexibility index (Phi) is 2.72. The molecule has 1 aromatic rings. The Bertz CT molecular complexity index is 220. The molecule has 6 nitrogen and oxygen atoms in total. The van der Waals surface area contributed by atoms with Crippen molar-refractivity contribution in [1.29, 1.82) is 0 Å². The number of aromatic nitrogens is 4. The van der Waals surface area contributed by atoms with Crippen LogP contribution in [0.2, 0.25) is 0 Å². The summed E-state index contributed by atoms with van der Waals surface area (Å²) in [4.78, 5) is 0. The smallest absolute Gasteiger partial charge is 0.194 e. The Morgan fingerprint density at radius 2 is 2.42 bits per heavy atom. The van der Waals surface area contributed by atoms with Crippen molar-refractivity contribution in [3.63, 3.8) is 0 Å². The number of hydrogen-bond acceptors (Lipinski definition) is 5. The second-order valence-corrected chi connectivity index (χ2v) is 2.90. The van der Waals surface area contributed by atoms with Gasteiger partial charge in [0.25, 0.3) is 0 Å². The van der Waals surface area contributed by atoms with Crippen LogP contribution in [0.4, 0.5) is 0 Å². The van der Waals surface area contributed by atoms with Gasteiger partial charge in [0.1, 0.15) is 0 Å². The SMILES string of the molecule is COCCC(C)(N)c1nn[nH]n1. The molecule has 1 aromatic heterocycles. The number of nitrogens with two attached hydrogens (primary N) is 1. The first kappa shape index (κ1) is 9.08. The van der Waals surface area contributed by atoms with Crippen molar-refractivity contribution in [3.8, 4) is 0 Å². The van der Waals surface area contributed by atoms with Crippen molar-refractivity contribution >= 4 is 0 Å². The largest absolute Gasteiger partial charge is 0.385 e. The summed E-state index contributed by atoms with van der Waals surface area (Å²) < 4.78 is 4.91. The van der Waals surface area contributed by atoms with Gasteiger partial charge >= 0.3 is 0 Å². The predicted octanol–water partition coefficient (Wildman–Crippen LogP) is -0.590. The normalized spacial score (nSPS) is 15.9. The first-order valence-corrected chi connectivity index (χ1v) is 3.68. The van der Waals surface area contributed by atoms with Crippen LogP contribution in [-0.2, 0) is 10.3 Å². The summed E-state index contributed by atoms with van der Waals surface area (Å²) >= 11 is 0. The number of methoxy groups -OCH3 is 1. The number of nitrogens with one attached hydrogen (secondary N) is 1. The van der Waals surface area contributed by atoms with Crippen molar-refractivity contribution in [2.24, 2.45) is 5.73 Å². The van der Waals surface area contributed by atoms with Gasteiger partial charge in [-0.15, -0.1) is 10.2 Å². The molecular formula is C6H13N5O. The molecule has 0 aliphatic carbocycles. The molecule has 68 valence electrons. The lowest BCUT2D eigenvalue weighted by molar-refractivity contribution is 0.169. The van der Waals surface area contributed by atoms with E-state index < -0.39 is 5.54 Å². The van der Waals surface area contributed by atoms with E-state index >= 15 is 0 Å². The Balaban J connectivity index is 2.59. The minimum Gasteiger partial charge on any atom is -0.385 e. The molecular weight excluding hydrogens is 158 g/mol. The van der Waals surface area contributed by atoms with Gasteiger partial charge in [0, 0.05) is 13.7 Å². The summed E-state index contributed by atoms with van der Waals surface area (Å²) in [5.74, 6) is 0.513. The zero-order valence-corrected chi connectivity index (χ0v) is 7.24. The first-order valence-electron chi connectivity index (χ1n) is 3.68. The number of nitrogens with zero attached hydrogens (tertiary/aromatic N) is 3. The Morgan fingerprint density at radius 3 is 2.92 bits per heavy atom. The fraction of sp³-hybridized carbons (Fsp3) is 0.833. The quantitative estimate of drug-likeness (QED) is 0.632. The van der Waals surface area contributed by atoms with Crippen molar-refractivity contribution in [2.75, 3.05) is 13.7 Å². The molecule has 3 N–H and O–H groups in total. The van der Waals surface area contributed by atoms with Crippen LogP contribution in [0.25, 0.3) is 0 Å². The van der Waals surface area contributed by atoms with Crippen LogP contribution in [-0.4, -0.2) is 34.3 Å². The molecule has 0 aromatic carbocycles. The summed E-state index contributed by atoms with van der Waals surface area (Å²) in [7, 11) is 1.63. The van der Waals surface area contributed by atoms with Crippen molar-refractivity contribution in [1.82, 2.24) is 20.6 Å². The molecule has 1 atom stereocenters. The molecule has 0 fully saturated rings. The Labute approximate surface area is 70.5 Å². The molecule has 0 amide bonds. The molecule has 0 spiro atoms. The molecule has 1 heterocycles. The lowest BCUT2D eigenvalue weighted by atomic mass is 9.99. The molecule has 0 bridgehead atoms. The van der Waals surface area contributed by atoms with Crippen molar-refractivity contribution < 1.29 is 4.74 Å². The number of tetrazole rings is 1. The van der Waals surface area contributed by atoms with E-state index in [4.69, 9.17) is 10.5 Å². The summed E-state index contributed by atoms with van der Waals surface area (Å²) in [5, 5.41) is 13.4. The van der Waals surface area contributed by atoms with Crippen LogP contribution in [0.1, 0.15) is 19.2 Å². The monoisotopic (exact) mass is 171 g/mol. The minimum absolute atomic E-state index is 0.513. The highest BCUT2D eigenvalue weighted by Gasteiger charge is 2.25. The molecule has 0 aliphatic heterocycles. The number of rotatable bonds is 4. The highest BCUT2D eigenvalue weighted by Crippen LogP contribution is 2.15. The lowest BCUT2D eigenvalue weighted by Crippen LogP contribution is -2.35. The van der Waals surface area contributed by atoms with E-state index in [1.807, 2.05) is 6.92 Å². The number of aromatic amines is 1. The molecule has 0 aliphatic rings. The van der Waals surface area contributed by atoms with Crippen LogP contribution in [0.3, 0.4) is 0 Å². The Morgan fingerprint density at radius 1 is 1.67 bits per heavy atom. The van der Waals surface area contributed by atoms with Gasteiger partial charge in [-0.25, -0.2) is 0 Å². The number of H-pyrrole nitrogens is 1. The van der Waals surface area contributed by atoms with E-state index in [-0.39, 0.29) is 0 Å². The summed E-state index contributed by atoms with van der Waals surface area (Å²) in [5.41, 5.74) is 5.34. The maximum absolute atomic E-state index is 5.90. The van der Waals surface area contributed by atoms with Crippen LogP contribution in [0.15, 0.2) is 0 Å². The molecule has 0 radical (unpaired) electrons. The van der Waals surface area contributed by atoms with Crippen molar-refractivity contribution in [2.45, 2.75) is 18.9 Å². The van der Waals surface area contributed by atoms with Crippen molar-refractivity contribution in [3.05, 3.63) is 5.82 Å². The fourth-order valence-electron chi connectivity index (χ4n) is 0.830. The summed E-state index contributed by atoms with van der Waals surface area (Å²) in [6, 6.07) is 0. The summed E-state index contributed by atoms with van der Waals surface area (Å²) in [6.07, 6.45) is 0.670. The van der Waals surface area contributed by atoms with Gasteiger partial charge in [-0.3, -0.25) is 0 Å². The third-order valence-corrected chi connectivity index (χ3v) is 1.68. The van der Waals surface area contributed by atoms with E-state index in [2.05, 4.69) is 20.6 Å². The maximum atomic E-state index is 5.90. The lowest BCUT2D eigenvalue weighted by Gasteiger charge is -2.19. The molecule has 12 heavy (non-hydrogen) atoms. The van der Waals surface area contributed by atoms with Gasteiger partial charge in [-0.2, -0.15) is 5.21 Å². The van der Waals surface area contributed by atoms with Crippen LogP contribution in [0.5, 0.6) is 0 Å². The van der Waals surface area contributed by atoms with E-state index in [0.717, 1.165) is 0 Å². The van der Waals surface area contributed by atoms with Crippen LogP contribution in [0, 0.1) is 0 Å². The highest BCUT2D eigenvalue weighted by atomic mass is 16.5. The Hall–Kier alpha value is -1.01. The standard InChI is InChI=1S/C6H13N5O/c1-6(7,3-4-12-2)5-8-10-11-9-5/h3-4,7H2,1-2H3,(H,8,9,10,11). The van der Waals surface area contributed by atoms with Gasteiger partial charge in [-0.05, 0) is 13.3 Å². The molecule has 1 rings (SSSR count). The zero-order valence-electron chi connectivity index (χ0n) is 7.24. The molecule has 1 unspecified atom stereocenters. The maximum Gasteiger partial charge on any atom is 0.194 e. The molecule has 0 saturated heterocycles. The average molecular weight is 171 g/mol. The zero-order chi connectivity index (χ0) is 9.03. The second kappa shape index (κ2) is 3.59. The van der Waals surface area contributed by atoms with Gasteiger partial charge < -0.3 is 10.5 Å². The van der Waals surface area contributed by atoms with Crippen LogP contribution < -0.4 is 5.73 Å². The van der Waals surface area contributed by atoms with Gasteiger partial charge in [0.15, 0.2) is 5.82 Å². The third kappa shape index (κ3) is 1.99. The predicted molar refractivity (Wildman–Crippen MR) is 42.2 cm³/mol. The van der Waals surface area contributed by atoms with Gasteiger partial charge in [0.05, 0.1) is 5.54 Å². The minimum atomic E-state index is -0.566. The third-order valence-electron chi connectivity index (χ3n) is 1.68. The van der Waals surface area contributed by atoms with E-state index in [9.17, 15) is 0 Å². The average Bonchev–Trinajstić information content (AvgIpc) is 2.53. The van der Waals surface area contributed by atoms with Gasteiger partial charge in [0.2, 0.25) is 0 Å². The summed E-state index contributed by atoms with van der Waals surface area (Å²) in [6.45, 7) is 2.43. The van der Waals surface area contributed by atoms with E-state index in [1.165, 1.54) is 0 Å². The highest BCUT2D eigenvalue weighted by molar-refractivity contribution is 4.97. The number of hydrogen-bond donors (Lipinski definition) is 2. The van der Waals surface area contributed by atoms with E-state index in [1.54, 1.807) is 7.11 Å². The van der Waals surface area contributed by atoms with E-state index in [0.29, 0.717) is 18.9 Å². The van der Waals surface area contributed by atoms with Gasteiger partial charge in [-0.1, -0.05) is 5.21 Å².